The van der Waals surface area contributed by atoms with Gasteiger partial charge in [-0.15, -0.1) is 24.8 Å². The van der Waals surface area contributed by atoms with Crippen LogP contribution >= 0.6 is 22.5 Å². The smallest absolute Gasteiger partial charge is 0.406 e. The van der Waals surface area contributed by atoms with Gasteiger partial charge in [0, 0.05) is 68.2 Å². The van der Waals surface area contributed by atoms with Crippen LogP contribution in [0.1, 0.15) is 6.92 Å². The second-order valence-electron chi connectivity index (χ2n) is 8.72. The highest BCUT2D eigenvalue weighted by Gasteiger charge is 2.31. The lowest BCUT2D eigenvalue weighted by atomic mass is 10.2. The molecule has 12 nitrogen and oxygen atoms in total. The summed E-state index contributed by atoms with van der Waals surface area (Å²) in [5.41, 5.74) is 1.50. The van der Waals surface area contributed by atoms with Gasteiger partial charge in [-0.3, -0.25) is 9.98 Å². The van der Waals surface area contributed by atoms with Crippen molar-refractivity contribution in [1.29, 1.82) is 0 Å². The molecule has 1 aromatic carbocycles. The number of nitro groups is 1. The number of alkyl halides is 3. The van der Waals surface area contributed by atoms with Crippen molar-refractivity contribution in [2.24, 2.45) is 15.0 Å². The molecule has 0 aromatic heterocycles. The van der Waals surface area contributed by atoms with Crippen LogP contribution < -0.4 is 20.3 Å². The fourth-order valence-electron chi connectivity index (χ4n) is 3.56. The van der Waals surface area contributed by atoms with E-state index in [0.29, 0.717) is 45.9 Å². The molecule has 1 aliphatic rings. The third-order valence-electron chi connectivity index (χ3n) is 5.48. The SMILES string of the molecule is C=N/C=C(\C=NCCN(CCNC)c1ccc(OC(F)(F)F)cc1)CNC1COCN(/C=C(\N=C)[N+](=O)[O-])C1.CCSS. The van der Waals surface area contributed by atoms with Crippen molar-refractivity contribution < 1.29 is 27.6 Å². The molecule has 1 saturated heterocycles. The van der Waals surface area contributed by atoms with Gasteiger partial charge >= 0.3 is 12.2 Å². The first-order chi connectivity index (χ1) is 20.6. The molecular weight excluding hydrogens is 609 g/mol. The van der Waals surface area contributed by atoms with Crippen LogP contribution in [0.5, 0.6) is 5.75 Å². The molecule has 17 heteroatoms. The number of ether oxygens (including phenoxy) is 2. The molecule has 1 aliphatic heterocycles. The second kappa shape index (κ2) is 21.6. The van der Waals surface area contributed by atoms with E-state index in [4.69, 9.17) is 4.74 Å². The zero-order valence-corrected chi connectivity index (χ0v) is 25.9. The first-order valence-electron chi connectivity index (χ1n) is 13.1. The van der Waals surface area contributed by atoms with Gasteiger partial charge < -0.3 is 40.0 Å². The van der Waals surface area contributed by atoms with Crippen LogP contribution in [-0.2, 0) is 4.74 Å². The summed E-state index contributed by atoms with van der Waals surface area (Å²) >= 11 is 3.84. The molecule has 1 atom stereocenters. The number of aliphatic imine (C=N–C) groups is 3. The molecule has 1 aromatic rings. The van der Waals surface area contributed by atoms with Gasteiger partial charge in [0.15, 0.2) is 0 Å². The number of halogens is 3. The number of anilines is 1. The van der Waals surface area contributed by atoms with E-state index in [-0.39, 0.29) is 24.3 Å². The highest BCUT2D eigenvalue weighted by atomic mass is 33.1. The molecule has 0 saturated carbocycles. The lowest BCUT2D eigenvalue weighted by Gasteiger charge is -2.32. The maximum Gasteiger partial charge on any atom is 0.573 e. The molecule has 2 rings (SSSR count). The van der Waals surface area contributed by atoms with Crippen LogP contribution in [0.3, 0.4) is 0 Å². The van der Waals surface area contributed by atoms with Crippen molar-refractivity contribution in [2.45, 2.75) is 19.3 Å². The first-order valence-corrected chi connectivity index (χ1v) is 15.1. The Balaban J connectivity index is 0.00000217. The third-order valence-corrected chi connectivity index (χ3v) is 6.52. The zero-order valence-electron chi connectivity index (χ0n) is 24.2. The van der Waals surface area contributed by atoms with Crippen LogP contribution in [-0.4, -0.2) is 107 Å². The molecule has 43 heavy (non-hydrogen) atoms. The van der Waals surface area contributed by atoms with Crippen molar-refractivity contribution >= 4 is 47.8 Å². The molecule has 0 bridgehead atoms. The van der Waals surface area contributed by atoms with Gasteiger partial charge in [-0.2, -0.15) is 0 Å². The van der Waals surface area contributed by atoms with Gasteiger partial charge in [0.2, 0.25) is 0 Å². The lowest BCUT2D eigenvalue weighted by Crippen LogP contribution is -2.48. The van der Waals surface area contributed by atoms with Crippen LogP contribution in [0.15, 0.2) is 63.0 Å². The molecule has 0 amide bonds. The van der Waals surface area contributed by atoms with Crippen LogP contribution in [0.4, 0.5) is 18.9 Å². The van der Waals surface area contributed by atoms with E-state index in [1.165, 1.54) is 18.3 Å². The largest absolute Gasteiger partial charge is 0.573 e. The molecular formula is C26H39F3N8O4S2. The highest BCUT2D eigenvalue weighted by molar-refractivity contribution is 8.68. The number of nitrogens with one attached hydrogen (secondary N) is 2. The summed E-state index contributed by atoms with van der Waals surface area (Å²) in [7, 11) is 3.36. The number of hydrogen-bond acceptors (Lipinski definition) is 13. The van der Waals surface area contributed by atoms with E-state index in [0.717, 1.165) is 17.0 Å². The van der Waals surface area contributed by atoms with Gasteiger partial charge in [0.25, 0.3) is 0 Å². The Kier molecular flexibility index (Phi) is 19.0. The van der Waals surface area contributed by atoms with Crippen molar-refractivity contribution in [1.82, 2.24) is 15.5 Å². The summed E-state index contributed by atoms with van der Waals surface area (Å²) in [5, 5.41) is 17.3. The van der Waals surface area contributed by atoms with Gasteiger partial charge in [0.1, 0.15) is 25.4 Å². The molecule has 0 aliphatic carbocycles. The number of rotatable bonds is 17. The van der Waals surface area contributed by atoms with Gasteiger partial charge in [-0.1, -0.05) is 22.7 Å². The minimum Gasteiger partial charge on any atom is -0.406 e. The standard InChI is InChI=1S/C24H33F3N8O4.C2H6S2/c1-28-8-10-34(21-4-6-22(7-5-21)39-24(25,26)27)11-9-31-13-19(12-29-2)14-32-20-15-33(18-38-17-20)16-23(30-3)35(36)37;1-2-4-3/h4-7,12-13,16,20,28,32H,2-3,8-11,14-15,17-18H2,1H3;3H,2H2,1H3/b19-12+,23-16+,31-13?;. The number of likely N-dealkylation sites (N-methyl/N-ethyl adjacent to an activating group) is 1. The zero-order chi connectivity index (χ0) is 32.1. The summed E-state index contributed by atoms with van der Waals surface area (Å²) in [6.07, 6.45) is -0.206. The first kappa shape index (κ1) is 37.9. The Morgan fingerprint density at radius 3 is 2.60 bits per heavy atom. The Morgan fingerprint density at radius 2 is 2.05 bits per heavy atom. The normalized spacial score (nSPS) is 16.0. The number of benzene rings is 1. The van der Waals surface area contributed by atoms with Crippen molar-refractivity contribution in [3.63, 3.8) is 0 Å². The monoisotopic (exact) mass is 648 g/mol. The molecule has 240 valence electrons. The van der Waals surface area contributed by atoms with E-state index >= 15 is 0 Å². The average molecular weight is 649 g/mol. The van der Waals surface area contributed by atoms with Gasteiger partial charge in [0.05, 0.1) is 13.2 Å². The summed E-state index contributed by atoms with van der Waals surface area (Å²) in [4.78, 5) is 25.7. The summed E-state index contributed by atoms with van der Waals surface area (Å²) in [6, 6.07) is 5.58. The van der Waals surface area contributed by atoms with Crippen LogP contribution in [0.25, 0.3) is 0 Å². The number of hydrogen-bond donors (Lipinski definition) is 3. The Hall–Kier alpha value is -3.12. The van der Waals surface area contributed by atoms with Crippen molar-refractivity contribution in [3.05, 3.63) is 58.2 Å². The Morgan fingerprint density at radius 1 is 1.35 bits per heavy atom. The summed E-state index contributed by atoms with van der Waals surface area (Å²) < 4.78 is 46.8. The third kappa shape index (κ3) is 16.9. The number of nitrogens with zero attached hydrogens (tertiary/aromatic N) is 6. The topological polar surface area (TPSA) is 129 Å². The van der Waals surface area contributed by atoms with Crippen molar-refractivity contribution in [2.75, 3.05) is 70.3 Å². The molecule has 1 unspecified atom stereocenters. The minimum atomic E-state index is -4.74. The Labute approximate surface area is 259 Å². The summed E-state index contributed by atoms with van der Waals surface area (Å²) in [5.74, 6) is 0.454. The van der Waals surface area contributed by atoms with E-state index in [9.17, 15) is 23.3 Å². The molecule has 0 spiro atoms. The van der Waals surface area contributed by atoms with Crippen LogP contribution in [0.2, 0.25) is 0 Å². The van der Waals surface area contributed by atoms with E-state index < -0.39 is 11.3 Å². The van der Waals surface area contributed by atoms with E-state index in [1.54, 1.807) is 40.2 Å². The highest BCUT2D eigenvalue weighted by Crippen LogP contribution is 2.25. The molecule has 1 fully saturated rings. The number of thiol groups is 1. The maximum atomic E-state index is 12.4. The summed E-state index contributed by atoms with van der Waals surface area (Å²) in [6.45, 7) is 12.5. The second-order valence-corrected chi connectivity index (χ2v) is 10.3. The Bertz CT molecular complexity index is 1070. The molecule has 2 N–H and O–H groups in total. The van der Waals surface area contributed by atoms with E-state index in [1.807, 2.05) is 11.9 Å². The minimum absolute atomic E-state index is 0.115. The fourth-order valence-corrected chi connectivity index (χ4v) is 3.56. The molecule has 1 heterocycles. The van der Waals surface area contributed by atoms with Gasteiger partial charge in [-0.25, -0.2) is 0 Å². The lowest BCUT2D eigenvalue weighted by molar-refractivity contribution is -0.427. The quantitative estimate of drug-likeness (QED) is 0.0758. The molecule has 0 radical (unpaired) electrons. The maximum absolute atomic E-state index is 12.4. The van der Waals surface area contributed by atoms with Crippen molar-refractivity contribution in [3.8, 4) is 5.75 Å². The van der Waals surface area contributed by atoms with E-state index in [2.05, 4.69) is 62.4 Å². The predicted molar refractivity (Wildman–Crippen MR) is 171 cm³/mol. The predicted octanol–water partition coefficient (Wildman–Crippen LogP) is 3.87. The van der Waals surface area contributed by atoms with Crippen LogP contribution in [0, 0.1) is 10.1 Å². The van der Waals surface area contributed by atoms with Gasteiger partial charge in [-0.05, 0) is 43.0 Å². The average Bonchev–Trinajstić information content (AvgIpc) is 2.98. The fraction of sp³-hybridized carbons (Fsp3) is 0.500.